The van der Waals surface area contributed by atoms with E-state index in [0.29, 0.717) is 47.5 Å². The molecule has 4 rings (SSSR count). The van der Waals surface area contributed by atoms with Gasteiger partial charge in [-0.25, -0.2) is 8.42 Å². The average molecular weight is 446 g/mol. The monoisotopic (exact) mass is 445 g/mol. The first-order valence-corrected chi connectivity index (χ1v) is 12.0. The lowest BCUT2D eigenvalue weighted by atomic mass is 10.0. The zero-order valence-corrected chi connectivity index (χ0v) is 18.5. The van der Waals surface area contributed by atoms with Gasteiger partial charge in [-0.05, 0) is 70.0 Å². The number of carbonyl (C=O) groups is 1. The van der Waals surface area contributed by atoms with Crippen molar-refractivity contribution in [2.45, 2.75) is 54.7 Å². The predicted molar refractivity (Wildman–Crippen MR) is 119 cm³/mol. The van der Waals surface area contributed by atoms with E-state index in [4.69, 9.17) is 5.11 Å². The number of hydrogen-bond donors (Lipinski definition) is 3. The van der Waals surface area contributed by atoms with E-state index < -0.39 is 21.1 Å². The quantitative estimate of drug-likeness (QED) is 0.514. The number of rotatable bonds is 7. The number of H-pyrrole nitrogens is 2. The van der Waals surface area contributed by atoms with E-state index in [0.717, 1.165) is 12.0 Å². The fourth-order valence-electron chi connectivity index (χ4n) is 4.64. The van der Waals surface area contributed by atoms with Gasteiger partial charge in [-0.15, -0.1) is 0 Å². The van der Waals surface area contributed by atoms with E-state index in [1.165, 1.54) is 0 Å². The first kappa shape index (κ1) is 21.6. The Morgan fingerprint density at radius 1 is 1.26 bits per heavy atom. The molecule has 3 N–H and O–H groups in total. The lowest BCUT2D eigenvalue weighted by molar-refractivity contribution is -0.137. The molecule has 1 aliphatic rings. The number of sulfone groups is 1. The second kappa shape index (κ2) is 8.12. The van der Waals surface area contributed by atoms with Crippen LogP contribution in [0.3, 0.4) is 0 Å². The Bertz CT molecular complexity index is 1310. The fraction of sp³-hybridized carbons (Fsp3) is 0.455. The number of nitrogens with one attached hydrogen (secondary N) is 2. The maximum absolute atomic E-state index is 13.4. The summed E-state index contributed by atoms with van der Waals surface area (Å²) in [5, 5.41) is 9.82. The topological polar surface area (TPSA) is 123 Å². The SMILES string of the molecule is CN(C)C1CCC(S(=O)(=O)c2ccc3[nH]c(=O)c4[nH]cc(CCCC(=O)O)c4c3c2)C1. The Balaban J connectivity index is 1.78. The molecule has 2 heterocycles. The molecule has 0 bridgehead atoms. The number of aryl methyl sites for hydroxylation is 1. The third-order valence-electron chi connectivity index (χ3n) is 6.39. The summed E-state index contributed by atoms with van der Waals surface area (Å²) < 4.78 is 26.7. The van der Waals surface area contributed by atoms with E-state index in [1.807, 2.05) is 14.1 Å². The molecule has 2 atom stereocenters. The van der Waals surface area contributed by atoms with Crippen molar-refractivity contribution in [2.75, 3.05) is 14.1 Å². The highest BCUT2D eigenvalue weighted by Crippen LogP contribution is 2.34. The molecule has 9 heteroatoms. The van der Waals surface area contributed by atoms with Crippen LogP contribution < -0.4 is 5.56 Å². The predicted octanol–water partition coefficient (Wildman–Crippen LogP) is 2.67. The lowest BCUT2D eigenvalue weighted by Gasteiger charge is -2.19. The van der Waals surface area contributed by atoms with Crippen molar-refractivity contribution in [1.29, 1.82) is 0 Å². The van der Waals surface area contributed by atoms with Crippen LogP contribution in [0.1, 0.15) is 37.7 Å². The van der Waals surface area contributed by atoms with Gasteiger partial charge in [-0.1, -0.05) is 0 Å². The number of pyridine rings is 1. The molecule has 0 saturated heterocycles. The Kier molecular flexibility index (Phi) is 5.65. The van der Waals surface area contributed by atoms with Crippen LogP contribution in [0.2, 0.25) is 0 Å². The van der Waals surface area contributed by atoms with Crippen LogP contribution in [0.4, 0.5) is 0 Å². The van der Waals surface area contributed by atoms with E-state index in [9.17, 15) is 18.0 Å². The van der Waals surface area contributed by atoms with Crippen LogP contribution in [0.25, 0.3) is 21.8 Å². The van der Waals surface area contributed by atoms with Gasteiger partial charge in [-0.2, -0.15) is 0 Å². The van der Waals surface area contributed by atoms with Crippen LogP contribution in [0.15, 0.2) is 34.1 Å². The smallest absolute Gasteiger partial charge is 0.303 e. The average Bonchev–Trinajstić information content (AvgIpc) is 3.36. The van der Waals surface area contributed by atoms with Gasteiger partial charge < -0.3 is 20.0 Å². The molecular weight excluding hydrogens is 418 g/mol. The van der Waals surface area contributed by atoms with E-state index in [2.05, 4.69) is 14.9 Å². The molecule has 1 fully saturated rings. The van der Waals surface area contributed by atoms with Gasteiger partial charge in [0.15, 0.2) is 9.84 Å². The summed E-state index contributed by atoms with van der Waals surface area (Å²) in [5.74, 6) is -0.872. The molecule has 1 aromatic carbocycles. The highest BCUT2D eigenvalue weighted by atomic mass is 32.2. The van der Waals surface area contributed by atoms with Gasteiger partial charge in [0.1, 0.15) is 5.52 Å². The van der Waals surface area contributed by atoms with Crippen LogP contribution in [-0.4, -0.2) is 59.7 Å². The molecule has 1 aliphatic carbocycles. The molecule has 2 unspecified atom stereocenters. The standard InChI is InChI=1S/C22H27N3O5S/c1-25(2)14-6-7-15(10-14)31(29,30)16-8-9-18-17(11-16)20-13(4-3-5-19(26)27)12-23-21(20)22(28)24-18/h8-9,11-12,14-15,23H,3-7,10H2,1-2H3,(H,24,28)(H,26,27). The molecule has 2 aromatic heterocycles. The number of aromatic amines is 2. The van der Waals surface area contributed by atoms with Crippen LogP contribution in [0.5, 0.6) is 0 Å². The lowest BCUT2D eigenvalue weighted by Crippen LogP contribution is -2.27. The summed E-state index contributed by atoms with van der Waals surface area (Å²) >= 11 is 0. The van der Waals surface area contributed by atoms with Crippen molar-refractivity contribution in [3.63, 3.8) is 0 Å². The summed E-state index contributed by atoms with van der Waals surface area (Å²) in [4.78, 5) is 31.5. The Morgan fingerprint density at radius 3 is 2.71 bits per heavy atom. The third kappa shape index (κ3) is 3.99. The number of fused-ring (bicyclic) bond motifs is 3. The Hall–Kier alpha value is -2.65. The van der Waals surface area contributed by atoms with Crippen molar-refractivity contribution in [3.05, 3.63) is 40.3 Å². The number of benzene rings is 1. The zero-order valence-electron chi connectivity index (χ0n) is 17.6. The minimum atomic E-state index is -3.51. The highest BCUT2D eigenvalue weighted by Gasteiger charge is 2.36. The maximum atomic E-state index is 13.4. The second-order valence-electron chi connectivity index (χ2n) is 8.57. The van der Waals surface area contributed by atoms with E-state index in [1.54, 1.807) is 24.4 Å². The molecular formula is C22H27N3O5S. The molecule has 0 radical (unpaired) electrons. The van der Waals surface area contributed by atoms with Crippen molar-refractivity contribution in [1.82, 2.24) is 14.9 Å². The Morgan fingerprint density at radius 2 is 2.03 bits per heavy atom. The van der Waals surface area contributed by atoms with Gasteiger partial charge in [-0.3, -0.25) is 9.59 Å². The minimum Gasteiger partial charge on any atom is -0.481 e. The van der Waals surface area contributed by atoms with Gasteiger partial charge in [0, 0.05) is 34.9 Å². The largest absolute Gasteiger partial charge is 0.481 e. The number of hydrogen-bond acceptors (Lipinski definition) is 5. The van der Waals surface area contributed by atoms with Crippen molar-refractivity contribution in [2.24, 2.45) is 0 Å². The molecule has 166 valence electrons. The summed E-state index contributed by atoms with van der Waals surface area (Å²) in [7, 11) is 0.439. The molecule has 1 saturated carbocycles. The van der Waals surface area contributed by atoms with E-state index in [-0.39, 0.29) is 22.9 Å². The van der Waals surface area contributed by atoms with Crippen LogP contribution >= 0.6 is 0 Å². The highest BCUT2D eigenvalue weighted by molar-refractivity contribution is 7.92. The van der Waals surface area contributed by atoms with Crippen molar-refractivity contribution < 1.29 is 18.3 Å². The van der Waals surface area contributed by atoms with E-state index >= 15 is 0 Å². The summed E-state index contributed by atoms with van der Waals surface area (Å²) in [6, 6.07) is 5.13. The third-order valence-corrected chi connectivity index (χ3v) is 8.61. The number of aromatic nitrogens is 2. The molecule has 0 aliphatic heterocycles. The molecule has 0 amide bonds. The maximum Gasteiger partial charge on any atom is 0.303 e. The number of aliphatic carboxylic acids is 1. The summed E-state index contributed by atoms with van der Waals surface area (Å²) in [6.45, 7) is 0. The Labute approximate surface area is 180 Å². The first-order valence-electron chi connectivity index (χ1n) is 10.5. The molecule has 31 heavy (non-hydrogen) atoms. The van der Waals surface area contributed by atoms with Gasteiger partial charge in [0.05, 0.1) is 10.1 Å². The molecule has 3 aromatic rings. The van der Waals surface area contributed by atoms with Crippen LogP contribution in [-0.2, 0) is 21.1 Å². The molecule has 0 spiro atoms. The number of carboxylic acids is 1. The second-order valence-corrected chi connectivity index (χ2v) is 10.8. The van der Waals surface area contributed by atoms with Crippen molar-refractivity contribution >= 4 is 37.6 Å². The number of carboxylic acid groups (broad SMARTS) is 1. The minimum absolute atomic E-state index is 0.0299. The summed E-state index contributed by atoms with van der Waals surface area (Å²) in [5.41, 5.74) is 1.47. The van der Waals surface area contributed by atoms with Gasteiger partial charge in [0.2, 0.25) is 0 Å². The first-order chi connectivity index (χ1) is 14.7. The molecule has 8 nitrogen and oxygen atoms in total. The normalized spacial score (nSPS) is 19.6. The van der Waals surface area contributed by atoms with Crippen molar-refractivity contribution in [3.8, 4) is 0 Å². The number of nitrogens with zero attached hydrogens (tertiary/aromatic N) is 1. The van der Waals surface area contributed by atoms with Gasteiger partial charge in [0.25, 0.3) is 5.56 Å². The fourth-order valence-corrected chi connectivity index (χ4v) is 6.49. The zero-order chi connectivity index (χ0) is 22.3. The van der Waals surface area contributed by atoms with Crippen LogP contribution in [0, 0.1) is 0 Å². The van der Waals surface area contributed by atoms with Gasteiger partial charge >= 0.3 is 5.97 Å². The summed E-state index contributed by atoms with van der Waals surface area (Å²) in [6.07, 6.45) is 4.75.